The van der Waals surface area contributed by atoms with Crippen LogP contribution in [-0.2, 0) is 9.53 Å². The number of benzene rings is 3. The van der Waals surface area contributed by atoms with Crippen molar-refractivity contribution in [3.8, 4) is 0 Å². The van der Waals surface area contributed by atoms with E-state index in [1.165, 1.54) is 12.1 Å². The second-order valence-corrected chi connectivity index (χ2v) is 5.71. The molecule has 0 fully saturated rings. The molecule has 3 rings (SSSR count). The maximum absolute atomic E-state index is 13.6. The van der Waals surface area contributed by atoms with Gasteiger partial charge in [0.15, 0.2) is 6.61 Å². The Bertz CT molecular complexity index is 953. The number of esters is 1. The molecule has 0 aliphatic heterocycles. The number of fused-ring (bicyclic) bond motifs is 1. The fourth-order valence-corrected chi connectivity index (χ4v) is 2.55. The molecule has 6 heteroatoms. The number of rotatable bonds is 4. The molecule has 126 valence electrons. The molecule has 0 heterocycles. The van der Waals surface area contributed by atoms with Crippen molar-refractivity contribution in [3.05, 3.63) is 77.1 Å². The van der Waals surface area contributed by atoms with Gasteiger partial charge in [0, 0.05) is 5.02 Å². The minimum absolute atomic E-state index is 0.0318. The van der Waals surface area contributed by atoms with Gasteiger partial charge in [-0.15, -0.1) is 0 Å². The molecule has 1 N–H and O–H groups in total. The van der Waals surface area contributed by atoms with Crippen molar-refractivity contribution in [2.45, 2.75) is 0 Å². The van der Waals surface area contributed by atoms with Crippen LogP contribution in [0.5, 0.6) is 0 Å². The zero-order valence-corrected chi connectivity index (χ0v) is 13.7. The zero-order chi connectivity index (χ0) is 17.8. The Labute approximate surface area is 148 Å². The van der Waals surface area contributed by atoms with Crippen molar-refractivity contribution in [2.75, 3.05) is 11.9 Å². The molecule has 0 aliphatic carbocycles. The van der Waals surface area contributed by atoms with Crippen molar-refractivity contribution < 1.29 is 18.7 Å². The number of hydrogen-bond acceptors (Lipinski definition) is 3. The van der Waals surface area contributed by atoms with Gasteiger partial charge in [-0.3, -0.25) is 4.79 Å². The Morgan fingerprint density at radius 3 is 2.60 bits per heavy atom. The maximum Gasteiger partial charge on any atom is 0.339 e. The van der Waals surface area contributed by atoms with Gasteiger partial charge in [-0.2, -0.15) is 0 Å². The fourth-order valence-electron chi connectivity index (χ4n) is 2.39. The molecule has 0 radical (unpaired) electrons. The monoisotopic (exact) mass is 357 g/mol. The van der Waals surface area contributed by atoms with Crippen LogP contribution in [0.1, 0.15) is 10.4 Å². The van der Waals surface area contributed by atoms with Crippen LogP contribution in [0.4, 0.5) is 10.1 Å². The van der Waals surface area contributed by atoms with Gasteiger partial charge in [0.1, 0.15) is 5.82 Å². The van der Waals surface area contributed by atoms with Crippen molar-refractivity contribution in [1.29, 1.82) is 0 Å². The quantitative estimate of drug-likeness (QED) is 0.703. The number of halogens is 2. The molecular weight excluding hydrogens is 345 g/mol. The van der Waals surface area contributed by atoms with Crippen LogP contribution in [-0.4, -0.2) is 18.5 Å². The minimum Gasteiger partial charge on any atom is -0.452 e. The van der Waals surface area contributed by atoms with E-state index < -0.39 is 24.3 Å². The Morgan fingerprint density at radius 2 is 1.80 bits per heavy atom. The Hall–Kier alpha value is -2.92. The number of nitrogens with one attached hydrogen (secondary N) is 1. The predicted octanol–water partition coefficient (Wildman–Crippen LogP) is 4.43. The predicted molar refractivity (Wildman–Crippen MR) is 94.3 cm³/mol. The summed E-state index contributed by atoms with van der Waals surface area (Å²) >= 11 is 5.65. The Kier molecular flexibility index (Phi) is 4.95. The summed E-state index contributed by atoms with van der Waals surface area (Å²) in [6.45, 7) is -0.524. The standard InChI is InChI=1S/C19H13ClFNO3/c20-13-8-9-17(16(21)10-13)22-18(23)11-25-19(24)15-7-3-5-12-4-1-2-6-14(12)15/h1-10H,11H2,(H,22,23). The zero-order valence-electron chi connectivity index (χ0n) is 13.0. The van der Waals surface area contributed by atoms with Gasteiger partial charge in [-0.1, -0.05) is 48.0 Å². The second kappa shape index (κ2) is 7.32. The summed E-state index contributed by atoms with van der Waals surface area (Å²) in [6.07, 6.45) is 0. The number of ether oxygens (including phenoxy) is 1. The van der Waals surface area contributed by atoms with Crippen LogP contribution in [0.15, 0.2) is 60.7 Å². The highest BCUT2D eigenvalue weighted by molar-refractivity contribution is 6.30. The van der Waals surface area contributed by atoms with Gasteiger partial charge in [-0.25, -0.2) is 9.18 Å². The summed E-state index contributed by atoms with van der Waals surface area (Å²) in [7, 11) is 0. The first kappa shape index (κ1) is 16.9. The Balaban J connectivity index is 1.66. The third-order valence-electron chi connectivity index (χ3n) is 3.55. The molecule has 0 bridgehead atoms. The van der Waals surface area contributed by atoms with E-state index in [0.717, 1.165) is 16.8 Å². The van der Waals surface area contributed by atoms with E-state index in [4.69, 9.17) is 16.3 Å². The summed E-state index contributed by atoms with van der Waals surface area (Å²) in [4.78, 5) is 24.1. The molecule has 4 nitrogen and oxygen atoms in total. The highest BCUT2D eigenvalue weighted by Crippen LogP contribution is 2.20. The smallest absolute Gasteiger partial charge is 0.339 e. The average Bonchev–Trinajstić information content (AvgIpc) is 2.61. The van der Waals surface area contributed by atoms with Crippen LogP contribution in [0.25, 0.3) is 10.8 Å². The SMILES string of the molecule is O=C(COC(=O)c1cccc2ccccc12)Nc1ccc(Cl)cc1F. The fraction of sp³-hybridized carbons (Fsp3) is 0.0526. The van der Waals surface area contributed by atoms with Crippen molar-refractivity contribution in [2.24, 2.45) is 0 Å². The van der Waals surface area contributed by atoms with E-state index in [9.17, 15) is 14.0 Å². The maximum atomic E-state index is 13.6. The molecule has 3 aromatic rings. The van der Waals surface area contributed by atoms with Gasteiger partial charge < -0.3 is 10.1 Å². The van der Waals surface area contributed by atoms with Crippen LogP contribution in [0.3, 0.4) is 0 Å². The minimum atomic E-state index is -0.666. The first-order chi connectivity index (χ1) is 12.0. The third-order valence-corrected chi connectivity index (χ3v) is 3.78. The number of carbonyl (C=O) groups excluding carboxylic acids is 2. The van der Waals surface area contributed by atoms with Crippen molar-refractivity contribution in [1.82, 2.24) is 0 Å². The van der Waals surface area contributed by atoms with Gasteiger partial charge in [-0.05, 0) is 35.0 Å². The van der Waals surface area contributed by atoms with E-state index in [1.54, 1.807) is 18.2 Å². The molecule has 3 aromatic carbocycles. The molecule has 0 saturated carbocycles. The van der Waals surface area contributed by atoms with E-state index in [-0.39, 0.29) is 10.7 Å². The second-order valence-electron chi connectivity index (χ2n) is 5.28. The van der Waals surface area contributed by atoms with Gasteiger partial charge in [0.05, 0.1) is 11.3 Å². The van der Waals surface area contributed by atoms with E-state index in [0.29, 0.717) is 5.56 Å². The van der Waals surface area contributed by atoms with Crippen LogP contribution < -0.4 is 5.32 Å². The summed E-state index contributed by atoms with van der Waals surface area (Å²) in [5.74, 6) is -1.93. The van der Waals surface area contributed by atoms with E-state index in [1.807, 2.05) is 24.3 Å². The summed E-state index contributed by atoms with van der Waals surface area (Å²) < 4.78 is 18.7. The van der Waals surface area contributed by atoms with Gasteiger partial charge >= 0.3 is 5.97 Å². The molecule has 1 amide bonds. The molecule has 0 spiro atoms. The topological polar surface area (TPSA) is 55.4 Å². The normalized spacial score (nSPS) is 10.5. The van der Waals surface area contributed by atoms with Gasteiger partial charge in [0.2, 0.25) is 0 Å². The molecular formula is C19H13ClFNO3. The number of carbonyl (C=O) groups is 2. The largest absolute Gasteiger partial charge is 0.452 e. The van der Waals surface area contributed by atoms with E-state index in [2.05, 4.69) is 5.32 Å². The molecule has 25 heavy (non-hydrogen) atoms. The lowest BCUT2D eigenvalue weighted by molar-refractivity contribution is -0.119. The van der Waals surface area contributed by atoms with Crippen LogP contribution in [0, 0.1) is 5.82 Å². The lowest BCUT2D eigenvalue weighted by Gasteiger charge is -2.09. The molecule has 0 unspecified atom stereocenters. The molecule has 0 saturated heterocycles. The average molecular weight is 358 g/mol. The summed E-state index contributed by atoms with van der Waals surface area (Å²) in [5.41, 5.74) is 0.333. The number of amides is 1. The van der Waals surface area contributed by atoms with Crippen molar-refractivity contribution in [3.63, 3.8) is 0 Å². The number of hydrogen-bond donors (Lipinski definition) is 1. The molecule has 0 aliphatic rings. The lowest BCUT2D eigenvalue weighted by Crippen LogP contribution is -2.21. The Morgan fingerprint density at radius 1 is 1.04 bits per heavy atom. The van der Waals surface area contributed by atoms with Crippen molar-refractivity contribution >= 4 is 39.9 Å². The lowest BCUT2D eigenvalue weighted by atomic mass is 10.1. The summed E-state index contributed by atoms with van der Waals surface area (Å²) in [6, 6.07) is 16.5. The van der Waals surface area contributed by atoms with E-state index >= 15 is 0 Å². The summed E-state index contributed by atoms with van der Waals surface area (Å²) in [5, 5.41) is 4.18. The highest BCUT2D eigenvalue weighted by Gasteiger charge is 2.14. The van der Waals surface area contributed by atoms with Gasteiger partial charge in [0.25, 0.3) is 5.91 Å². The molecule has 0 aromatic heterocycles. The van der Waals surface area contributed by atoms with Crippen LogP contribution in [0.2, 0.25) is 5.02 Å². The first-order valence-electron chi connectivity index (χ1n) is 7.44. The van der Waals surface area contributed by atoms with Crippen LogP contribution >= 0.6 is 11.6 Å². The number of anilines is 1. The highest BCUT2D eigenvalue weighted by atomic mass is 35.5. The third kappa shape index (κ3) is 3.95. The molecule has 0 atom stereocenters. The first-order valence-corrected chi connectivity index (χ1v) is 7.82.